The van der Waals surface area contributed by atoms with E-state index in [1.165, 1.54) is 0 Å². The molecular formula is C6H7FO5. The molecule has 5 nitrogen and oxygen atoms in total. The molecular weight excluding hydrogens is 171 g/mol. The van der Waals surface area contributed by atoms with Gasteiger partial charge in [-0.15, -0.1) is 0 Å². The standard InChI is InChI=1S/C6H7FO5/c7-1-2(8)5-3(9)4(10)6(11)12-5/h2,5,8-10H,1H2/t2-,5?/m0/s1. The van der Waals surface area contributed by atoms with Gasteiger partial charge in [0.1, 0.15) is 12.8 Å². The molecule has 6 heteroatoms. The van der Waals surface area contributed by atoms with Crippen LogP contribution in [0, 0.1) is 0 Å². The van der Waals surface area contributed by atoms with E-state index < -0.39 is 36.4 Å². The van der Waals surface area contributed by atoms with Gasteiger partial charge in [0.2, 0.25) is 5.76 Å². The molecule has 0 fully saturated rings. The summed E-state index contributed by atoms with van der Waals surface area (Å²) in [6.45, 7) is -1.17. The average molecular weight is 178 g/mol. The second kappa shape index (κ2) is 2.98. The van der Waals surface area contributed by atoms with E-state index in [-0.39, 0.29) is 0 Å². The van der Waals surface area contributed by atoms with Crippen molar-refractivity contribution >= 4 is 5.97 Å². The van der Waals surface area contributed by atoms with E-state index in [2.05, 4.69) is 4.74 Å². The van der Waals surface area contributed by atoms with Crippen LogP contribution in [0.15, 0.2) is 11.5 Å². The Kier molecular flexibility index (Phi) is 2.18. The average Bonchev–Trinajstić information content (AvgIpc) is 2.32. The summed E-state index contributed by atoms with van der Waals surface area (Å²) in [5.74, 6) is -2.97. The van der Waals surface area contributed by atoms with Crippen molar-refractivity contribution in [2.24, 2.45) is 0 Å². The zero-order valence-corrected chi connectivity index (χ0v) is 5.90. The summed E-state index contributed by atoms with van der Waals surface area (Å²) < 4.78 is 16.0. The Morgan fingerprint density at radius 1 is 1.58 bits per heavy atom. The van der Waals surface area contributed by atoms with Crippen molar-refractivity contribution in [1.29, 1.82) is 0 Å². The number of esters is 1. The quantitative estimate of drug-likeness (QED) is 0.499. The van der Waals surface area contributed by atoms with E-state index in [4.69, 9.17) is 15.3 Å². The molecule has 3 N–H and O–H groups in total. The number of ether oxygens (including phenoxy) is 1. The molecule has 0 aromatic rings. The van der Waals surface area contributed by atoms with Crippen molar-refractivity contribution < 1.29 is 29.2 Å². The minimum Gasteiger partial charge on any atom is -0.505 e. The molecule has 0 amide bonds. The van der Waals surface area contributed by atoms with Gasteiger partial charge in [0.15, 0.2) is 11.9 Å². The van der Waals surface area contributed by atoms with E-state index in [0.29, 0.717) is 0 Å². The zero-order valence-electron chi connectivity index (χ0n) is 5.90. The first-order valence-corrected chi connectivity index (χ1v) is 3.15. The van der Waals surface area contributed by atoms with Crippen LogP contribution in [0.2, 0.25) is 0 Å². The highest BCUT2D eigenvalue weighted by molar-refractivity contribution is 5.89. The van der Waals surface area contributed by atoms with Crippen LogP contribution in [-0.2, 0) is 9.53 Å². The highest BCUT2D eigenvalue weighted by Gasteiger charge is 2.39. The Hall–Kier alpha value is -1.30. The van der Waals surface area contributed by atoms with Gasteiger partial charge >= 0.3 is 5.97 Å². The fraction of sp³-hybridized carbons (Fsp3) is 0.500. The lowest BCUT2D eigenvalue weighted by Gasteiger charge is -2.13. The first-order chi connectivity index (χ1) is 5.57. The van der Waals surface area contributed by atoms with Gasteiger partial charge in [0, 0.05) is 0 Å². The van der Waals surface area contributed by atoms with Crippen LogP contribution in [0.5, 0.6) is 0 Å². The highest BCUT2D eigenvalue weighted by atomic mass is 19.1. The second-order valence-corrected chi connectivity index (χ2v) is 2.28. The number of carbonyl (C=O) groups is 1. The molecule has 0 aromatic carbocycles. The van der Waals surface area contributed by atoms with E-state index in [1.807, 2.05) is 0 Å². The normalized spacial score (nSPS) is 25.8. The van der Waals surface area contributed by atoms with E-state index >= 15 is 0 Å². The Morgan fingerprint density at radius 3 is 2.50 bits per heavy atom. The fourth-order valence-electron chi connectivity index (χ4n) is 0.808. The largest absolute Gasteiger partial charge is 0.505 e. The number of hydrogen-bond donors (Lipinski definition) is 3. The minimum atomic E-state index is -1.64. The van der Waals surface area contributed by atoms with Gasteiger partial charge in [-0.3, -0.25) is 0 Å². The number of aliphatic hydroxyl groups excluding tert-OH is 3. The van der Waals surface area contributed by atoms with E-state index in [0.717, 1.165) is 0 Å². The van der Waals surface area contributed by atoms with Crippen LogP contribution < -0.4 is 0 Å². The third-order valence-corrected chi connectivity index (χ3v) is 1.45. The molecule has 0 saturated heterocycles. The monoisotopic (exact) mass is 178 g/mol. The maximum Gasteiger partial charge on any atom is 0.377 e. The molecule has 0 aliphatic carbocycles. The lowest BCUT2D eigenvalue weighted by atomic mass is 10.2. The molecule has 68 valence electrons. The smallest absolute Gasteiger partial charge is 0.377 e. The van der Waals surface area contributed by atoms with Crippen LogP contribution in [-0.4, -0.2) is 40.2 Å². The van der Waals surface area contributed by atoms with Gasteiger partial charge < -0.3 is 20.1 Å². The Labute approximate surface area is 66.7 Å². The van der Waals surface area contributed by atoms with Crippen LogP contribution in [0.25, 0.3) is 0 Å². The van der Waals surface area contributed by atoms with E-state index in [1.54, 1.807) is 0 Å². The van der Waals surface area contributed by atoms with Crippen LogP contribution in [0.1, 0.15) is 0 Å². The first kappa shape index (κ1) is 8.79. The third-order valence-electron chi connectivity index (χ3n) is 1.45. The molecule has 0 saturated carbocycles. The number of carbonyl (C=O) groups excluding carboxylic acids is 1. The minimum absolute atomic E-state index is 0.829. The number of alkyl halides is 1. The summed E-state index contributed by atoms with van der Waals surface area (Å²) in [5, 5.41) is 26.4. The third kappa shape index (κ3) is 1.20. The van der Waals surface area contributed by atoms with Gasteiger partial charge in [0.05, 0.1) is 0 Å². The molecule has 1 aliphatic heterocycles. The van der Waals surface area contributed by atoms with Crippen molar-refractivity contribution in [2.75, 3.05) is 6.67 Å². The fourth-order valence-corrected chi connectivity index (χ4v) is 0.808. The lowest BCUT2D eigenvalue weighted by molar-refractivity contribution is -0.147. The molecule has 0 bridgehead atoms. The molecule has 2 atom stereocenters. The van der Waals surface area contributed by atoms with Crippen molar-refractivity contribution in [3.8, 4) is 0 Å². The number of hydrogen-bond acceptors (Lipinski definition) is 5. The number of cyclic esters (lactones) is 1. The number of rotatable bonds is 2. The van der Waals surface area contributed by atoms with Gasteiger partial charge in [0.25, 0.3) is 0 Å². The predicted octanol–water partition coefficient (Wildman–Crippen LogP) is -0.430. The Morgan fingerprint density at radius 2 is 2.17 bits per heavy atom. The first-order valence-electron chi connectivity index (χ1n) is 3.15. The van der Waals surface area contributed by atoms with Crippen molar-refractivity contribution in [3.05, 3.63) is 11.5 Å². The topological polar surface area (TPSA) is 87.0 Å². The zero-order chi connectivity index (χ0) is 9.30. The summed E-state index contributed by atoms with van der Waals surface area (Å²) in [6, 6.07) is 0. The molecule has 1 heterocycles. The summed E-state index contributed by atoms with van der Waals surface area (Å²) in [5.41, 5.74) is 0. The molecule has 1 unspecified atom stereocenters. The SMILES string of the molecule is O=C1OC([C@@H](O)CF)C(O)=C1O. The van der Waals surface area contributed by atoms with Crippen LogP contribution >= 0.6 is 0 Å². The summed E-state index contributed by atoms with van der Waals surface area (Å²) in [7, 11) is 0. The maximum absolute atomic E-state index is 11.8. The van der Waals surface area contributed by atoms with Gasteiger partial charge in [-0.2, -0.15) is 0 Å². The molecule has 1 rings (SSSR count). The van der Waals surface area contributed by atoms with Crippen molar-refractivity contribution in [2.45, 2.75) is 12.2 Å². The Bertz CT molecular complexity index is 236. The van der Waals surface area contributed by atoms with Gasteiger partial charge in [-0.25, -0.2) is 9.18 Å². The lowest BCUT2D eigenvalue weighted by Crippen LogP contribution is -2.30. The van der Waals surface area contributed by atoms with E-state index in [9.17, 15) is 9.18 Å². The molecule has 1 aliphatic rings. The van der Waals surface area contributed by atoms with Gasteiger partial charge in [-0.1, -0.05) is 0 Å². The highest BCUT2D eigenvalue weighted by Crippen LogP contribution is 2.21. The van der Waals surface area contributed by atoms with Gasteiger partial charge in [-0.05, 0) is 0 Å². The summed E-state index contributed by atoms with van der Waals surface area (Å²) in [4.78, 5) is 10.5. The number of halogens is 1. The molecule has 0 aromatic heterocycles. The van der Waals surface area contributed by atoms with Crippen LogP contribution in [0.4, 0.5) is 4.39 Å². The molecule has 0 spiro atoms. The van der Waals surface area contributed by atoms with Crippen LogP contribution in [0.3, 0.4) is 0 Å². The number of aliphatic hydroxyl groups is 3. The maximum atomic E-state index is 11.8. The molecule has 0 radical (unpaired) electrons. The summed E-state index contributed by atoms with van der Waals surface area (Å²) in [6.07, 6.45) is -3.12. The summed E-state index contributed by atoms with van der Waals surface area (Å²) >= 11 is 0. The van der Waals surface area contributed by atoms with Crippen molar-refractivity contribution in [1.82, 2.24) is 0 Å². The Balaban J connectivity index is 2.80. The predicted molar refractivity (Wildman–Crippen MR) is 34.1 cm³/mol. The van der Waals surface area contributed by atoms with Crippen molar-refractivity contribution in [3.63, 3.8) is 0 Å². The second-order valence-electron chi connectivity index (χ2n) is 2.28. The molecule has 12 heavy (non-hydrogen) atoms.